The molecule has 0 radical (unpaired) electrons. The first-order valence-corrected chi connectivity index (χ1v) is 6.92. The van der Waals surface area contributed by atoms with E-state index in [2.05, 4.69) is 11.9 Å². The van der Waals surface area contributed by atoms with E-state index in [0.29, 0.717) is 30.1 Å². The molecule has 6 nitrogen and oxygen atoms in total. The summed E-state index contributed by atoms with van der Waals surface area (Å²) in [4.78, 5) is 22.6. The summed E-state index contributed by atoms with van der Waals surface area (Å²) in [6.07, 6.45) is 2.00. The molecule has 0 aliphatic heterocycles. The molecule has 0 aliphatic carbocycles. The lowest BCUT2D eigenvalue weighted by atomic mass is 10.1. The summed E-state index contributed by atoms with van der Waals surface area (Å²) in [6.45, 7) is 5.67. The number of rotatable bonds is 9. The van der Waals surface area contributed by atoms with Crippen LogP contribution in [0.3, 0.4) is 0 Å². The third-order valence-electron chi connectivity index (χ3n) is 2.95. The second kappa shape index (κ2) is 8.71. The maximum Gasteiger partial charge on any atom is 0.303 e. The average Bonchev–Trinajstić information content (AvgIpc) is 2.50. The van der Waals surface area contributed by atoms with E-state index in [4.69, 9.17) is 14.6 Å². The molecule has 0 saturated carbocycles. The van der Waals surface area contributed by atoms with Crippen molar-refractivity contribution in [3.63, 3.8) is 0 Å². The zero-order chi connectivity index (χ0) is 16.5. The molecular weight excluding hydrogens is 286 g/mol. The van der Waals surface area contributed by atoms with Crippen LogP contribution in [0.2, 0.25) is 0 Å². The predicted octanol–water partition coefficient (Wildman–Crippen LogP) is 2.24. The van der Waals surface area contributed by atoms with Crippen molar-refractivity contribution in [3.05, 3.63) is 36.4 Å². The van der Waals surface area contributed by atoms with Crippen molar-refractivity contribution >= 4 is 11.9 Å². The Morgan fingerprint density at radius 2 is 2.14 bits per heavy atom. The number of ether oxygens (including phenoxy) is 2. The van der Waals surface area contributed by atoms with E-state index in [1.165, 1.54) is 7.11 Å². The Labute approximate surface area is 129 Å². The number of aliphatic carboxylic acids is 1. The molecule has 120 valence electrons. The standard InChI is InChI=1S/C16H21NO5/c1-4-9-22-13-7-6-12(10-14(13)21-3)16(20)17-11(2)5-8-15(18)19/h4,6-7,10-11H,1,5,8-9H2,2-3H3,(H,17,20)(H,18,19). The van der Waals surface area contributed by atoms with Gasteiger partial charge in [0.1, 0.15) is 6.61 Å². The summed E-state index contributed by atoms with van der Waals surface area (Å²) in [5.41, 5.74) is 0.421. The molecule has 0 saturated heterocycles. The second-order valence-electron chi connectivity index (χ2n) is 4.77. The van der Waals surface area contributed by atoms with Gasteiger partial charge in [0.15, 0.2) is 11.5 Å². The van der Waals surface area contributed by atoms with Gasteiger partial charge in [-0.3, -0.25) is 9.59 Å². The number of amides is 1. The molecule has 0 aromatic heterocycles. The zero-order valence-electron chi connectivity index (χ0n) is 12.8. The molecule has 2 N–H and O–H groups in total. The molecule has 0 spiro atoms. The summed E-state index contributed by atoms with van der Waals surface area (Å²) in [5, 5.41) is 11.4. The van der Waals surface area contributed by atoms with E-state index in [1.807, 2.05) is 0 Å². The van der Waals surface area contributed by atoms with Crippen molar-refractivity contribution in [2.24, 2.45) is 0 Å². The first-order chi connectivity index (χ1) is 10.5. The SMILES string of the molecule is C=CCOc1ccc(C(=O)NC(C)CCC(=O)O)cc1OC. The fourth-order valence-corrected chi connectivity index (χ4v) is 1.80. The molecule has 6 heteroatoms. The van der Waals surface area contributed by atoms with Crippen LogP contribution in [0, 0.1) is 0 Å². The molecule has 1 atom stereocenters. The first-order valence-electron chi connectivity index (χ1n) is 6.92. The monoisotopic (exact) mass is 307 g/mol. The van der Waals surface area contributed by atoms with E-state index in [1.54, 1.807) is 31.2 Å². The van der Waals surface area contributed by atoms with Crippen molar-refractivity contribution in [1.29, 1.82) is 0 Å². The molecule has 1 aromatic rings. The Morgan fingerprint density at radius 3 is 2.73 bits per heavy atom. The van der Waals surface area contributed by atoms with Gasteiger partial charge in [0.25, 0.3) is 5.91 Å². The predicted molar refractivity (Wildman–Crippen MR) is 82.5 cm³/mol. The van der Waals surface area contributed by atoms with Crippen LogP contribution in [0.1, 0.15) is 30.1 Å². The highest BCUT2D eigenvalue weighted by atomic mass is 16.5. The number of carboxylic acids is 1. The normalized spacial score (nSPS) is 11.4. The van der Waals surface area contributed by atoms with Crippen LogP contribution in [0.4, 0.5) is 0 Å². The van der Waals surface area contributed by atoms with Crippen molar-refractivity contribution in [2.45, 2.75) is 25.8 Å². The van der Waals surface area contributed by atoms with Crippen molar-refractivity contribution in [1.82, 2.24) is 5.32 Å². The fraction of sp³-hybridized carbons (Fsp3) is 0.375. The van der Waals surface area contributed by atoms with Gasteiger partial charge in [0.2, 0.25) is 0 Å². The van der Waals surface area contributed by atoms with Gasteiger partial charge >= 0.3 is 5.97 Å². The number of carboxylic acid groups (broad SMARTS) is 1. The lowest BCUT2D eigenvalue weighted by Crippen LogP contribution is -2.32. The molecule has 1 aromatic carbocycles. The zero-order valence-corrected chi connectivity index (χ0v) is 12.8. The summed E-state index contributed by atoms with van der Waals surface area (Å²) in [6, 6.07) is 4.63. The Morgan fingerprint density at radius 1 is 1.41 bits per heavy atom. The van der Waals surface area contributed by atoms with Crippen LogP contribution in [0.15, 0.2) is 30.9 Å². The maximum atomic E-state index is 12.1. The van der Waals surface area contributed by atoms with Crippen molar-refractivity contribution < 1.29 is 24.2 Å². The van der Waals surface area contributed by atoms with Crippen LogP contribution < -0.4 is 14.8 Å². The lowest BCUT2D eigenvalue weighted by molar-refractivity contribution is -0.137. The molecule has 22 heavy (non-hydrogen) atoms. The number of hydrogen-bond acceptors (Lipinski definition) is 4. The van der Waals surface area contributed by atoms with Gasteiger partial charge < -0.3 is 19.9 Å². The molecule has 0 heterocycles. The second-order valence-corrected chi connectivity index (χ2v) is 4.77. The summed E-state index contributed by atoms with van der Waals surface area (Å²) < 4.78 is 10.6. The fourth-order valence-electron chi connectivity index (χ4n) is 1.80. The molecule has 0 bridgehead atoms. The maximum absolute atomic E-state index is 12.1. The van der Waals surface area contributed by atoms with Gasteiger partial charge in [-0.25, -0.2) is 0 Å². The van der Waals surface area contributed by atoms with Crippen LogP contribution in [0.25, 0.3) is 0 Å². The minimum Gasteiger partial charge on any atom is -0.493 e. The average molecular weight is 307 g/mol. The largest absolute Gasteiger partial charge is 0.493 e. The van der Waals surface area contributed by atoms with E-state index in [-0.39, 0.29) is 18.4 Å². The van der Waals surface area contributed by atoms with E-state index in [0.717, 1.165) is 0 Å². The topological polar surface area (TPSA) is 84.9 Å². The Balaban J connectivity index is 2.72. The number of nitrogens with one attached hydrogen (secondary N) is 1. The number of carbonyl (C=O) groups excluding carboxylic acids is 1. The van der Waals surface area contributed by atoms with Crippen LogP contribution in [-0.4, -0.2) is 36.7 Å². The number of benzene rings is 1. The van der Waals surface area contributed by atoms with Gasteiger partial charge in [-0.1, -0.05) is 12.7 Å². The molecule has 1 rings (SSSR count). The summed E-state index contributed by atoms with van der Waals surface area (Å²) in [5.74, 6) is -0.191. The van der Waals surface area contributed by atoms with Crippen LogP contribution in [0.5, 0.6) is 11.5 Å². The molecule has 0 fully saturated rings. The number of methoxy groups -OCH3 is 1. The molecule has 0 aliphatic rings. The van der Waals surface area contributed by atoms with Gasteiger partial charge in [0, 0.05) is 18.0 Å². The Bertz CT molecular complexity index is 541. The minimum absolute atomic E-state index is 0.0130. The van der Waals surface area contributed by atoms with Crippen LogP contribution in [-0.2, 0) is 4.79 Å². The van der Waals surface area contributed by atoms with E-state index >= 15 is 0 Å². The first kappa shape index (κ1) is 17.6. The third kappa shape index (κ3) is 5.47. The van der Waals surface area contributed by atoms with Gasteiger partial charge in [0.05, 0.1) is 7.11 Å². The Hall–Kier alpha value is -2.50. The van der Waals surface area contributed by atoms with Crippen molar-refractivity contribution in [3.8, 4) is 11.5 Å². The number of hydrogen-bond donors (Lipinski definition) is 2. The molecular formula is C16H21NO5. The highest BCUT2D eigenvalue weighted by molar-refractivity contribution is 5.95. The lowest BCUT2D eigenvalue weighted by Gasteiger charge is -2.14. The smallest absolute Gasteiger partial charge is 0.303 e. The highest BCUT2D eigenvalue weighted by Crippen LogP contribution is 2.28. The van der Waals surface area contributed by atoms with E-state index in [9.17, 15) is 9.59 Å². The number of carbonyl (C=O) groups is 2. The van der Waals surface area contributed by atoms with Crippen LogP contribution >= 0.6 is 0 Å². The quantitative estimate of drug-likeness (QED) is 0.683. The molecule has 1 amide bonds. The Kier molecular flexibility index (Phi) is 6.95. The minimum atomic E-state index is -0.883. The van der Waals surface area contributed by atoms with Gasteiger partial charge in [-0.15, -0.1) is 0 Å². The van der Waals surface area contributed by atoms with Gasteiger partial charge in [-0.05, 0) is 31.5 Å². The van der Waals surface area contributed by atoms with Crippen molar-refractivity contribution in [2.75, 3.05) is 13.7 Å². The molecule has 1 unspecified atom stereocenters. The summed E-state index contributed by atoms with van der Waals surface area (Å²) in [7, 11) is 1.49. The third-order valence-corrected chi connectivity index (χ3v) is 2.95. The van der Waals surface area contributed by atoms with E-state index < -0.39 is 5.97 Å². The highest BCUT2D eigenvalue weighted by Gasteiger charge is 2.14. The summed E-state index contributed by atoms with van der Waals surface area (Å²) >= 11 is 0. The van der Waals surface area contributed by atoms with Gasteiger partial charge in [-0.2, -0.15) is 0 Å².